The lowest BCUT2D eigenvalue weighted by Gasteiger charge is -2.10. The van der Waals surface area contributed by atoms with E-state index < -0.39 is 0 Å². The molecule has 0 radical (unpaired) electrons. The Labute approximate surface area is 123 Å². The molecule has 104 valence electrons. The van der Waals surface area contributed by atoms with E-state index >= 15 is 0 Å². The van der Waals surface area contributed by atoms with E-state index in [0.717, 1.165) is 11.1 Å². The zero-order valence-corrected chi connectivity index (χ0v) is 12.4. The zero-order valence-electron chi connectivity index (χ0n) is 11.6. The summed E-state index contributed by atoms with van der Waals surface area (Å²) in [6.07, 6.45) is 0. The van der Waals surface area contributed by atoms with Crippen molar-refractivity contribution in [2.24, 2.45) is 0 Å². The summed E-state index contributed by atoms with van der Waals surface area (Å²) in [6.45, 7) is 1.98. The number of anilines is 1. The quantitative estimate of drug-likeness (QED) is 0.901. The Bertz CT molecular complexity index is 584. The molecular weight excluding hydrogens is 270 g/mol. The van der Waals surface area contributed by atoms with E-state index in [-0.39, 0.29) is 5.24 Å². The van der Waals surface area contributed by atoms with Gasteiger partial charge in [0.2, 0.25) is 0 Å². The molecule has 2 rings (SSSR count). The van der Waals surface area contributed by atoms with Crippen LogP contribution in [-0.2, 0) is 5.75 Å². The van der Waals surface area contributed by atoms with Crippen molar-refractivity contribution in [3.63, 3.8) is 0 Å². The first-order valence-corrected chi connectivity index (χ1v) is 7.30. The molecule has 2 aromatic carbocycles. The van der Waals surface area contributed by atoms with Crippen LogP contribution in [0, 0.1) is 6.92 Å². The third-order valence-corrected chi connectivity index (χ3v) is 3.65. The molecule has 0 aliphatic rings. The van der Waals surface area contributed by atoms with Gasteiger partial charge in [-0.25, -0.2) is 0 Å². The van der Waals surface area contributed by atoms with E-state index in [4.69, 9.17) is 4.74 Å². The van der Waals surface area contributed by atoms with Crippen LogP contribution in [0.15, 0.2) is 48.5 Å². The average Bonchev–Trinajstić information content (AvgIpc) is 2.46. The molecule has 3 nitrogen and oxygen atoms in total. The van der Waals surface area contributed by atoms with E-state index in [1.54, 1.807) is 7.11 Å². The Hall–Kier alpha value is -1.94. The molecule has 0 spiro atoms. The standard InChI is InChI=1S/C16H17NO2S/c1-12-8-9-15(19-2)14(10-12)17-16(18)20-11-13-6-4-3-5-7-13/h3-10H,11H2,1-2H3,(H,17,18). The number of carbonyl (C=O) groups is 1. The van der Waals surface area contributed by atoms with Gasteiger partial charge in [0, 0.05) is 5.75 Å². The van der Waals surface area contributed by atoms with Crippen molar-refractivity contribution in [2.75, 3.05) is 12.4 Å². The van der Waals surface area contributed by atoms with Crippen LogP contribution >= 0.6 is 11.8 Å². The first kappa shape index (κ1) is 14.5. The van der Waals surface area contributed by atoms with Gasteiger partial charge in [-0.2, -0.15) is 0 Å². The van der Waals surface area contributed by atoms with Crippen LogP contribution in [0.3, 0.4) is 0 Å². The minimum atomic E-state index is -0.0854. The molecule has 0 heterocycles. The Balaban J connectivity index is 1.96. The zero-order chi connectivity index (χ0) is 14.4. The van der Waals surface area contributed by atoms with E-state index in [9.17, 15) is 4.79 Å². The topological polar surface area (TPSA) is 38.3 Å². The molecule has 0 unspecified atom stereocenters. The third kappa shape index (κ3) is 4.03. The second kappa shape index (κ2) is 7.01. The van der Waals surface area contributed by atoms with Crippen molar-refractivity contribution in [1.29, 1.82) is 0 Å². The van der Waals surface area contributed by atoms with Crippen molar-refractivity contribution in [3.8, 4) is 5.75 Å². The van der Waals surface area contributed by atoms with Gasteiger partial charge in [0.15, 0.2) is 0 Å². The molecule has 0 saturated carbocycles. The van der Waals surface area contributed by atoms with Crippen molar-refractivity contribution in [3.05, 3.63) is 59.7 Å². The van der Waals surface area contributed by atoms with Crippen molar-refractivity contribution < 1.29 is 9.53 Å². The normalized spacial score (nSPS) is 10.1. The van der Waals surface area contributed by atoms with Crippen LogP contribution in [0.2, 0.25) is 0 Å². The molecule has 20 heavy (non-hydrogen) atoms. The fourth-order valence-electron chi connectivity index (χ4n) is 1.79. The van der Waals surface area contributed by atoms with Crippen molar-refractivity contribution in [2.45, 2.75) is 12.7 Å². The second-order valence-corrected chi connectivity index (χ2v) is 5.34. The fourth-order valence-corrected chi connectivity index (χ4v) is 2.46. The van der Waals surface area contributed by atoms with Gasteiger partial charge in [-0.1, -0.05) is 48.2 Å². The molecule has 0 aromatic heterocycles. The maximum absolute atomic E-state index is 12.0. The largest absolute Gasteiger partial charge is 0.495 e. The van der Waals surface area contributed by atoms with Gasteiger partial charge < -0.3 is 10.1 Å². The SMILES string of the molecule is COc1ccc(C)cc1NC(=O)SCc1ccccc1. The summed E-state index contributed by atoms with van der Waals surface area (Å²) < 4.78 is 5.24. The summed E-state index contributed by atoms with van der Waals surface area (Å²) in [5, 5.41) is 2.79. The molecule has 0 aliphatic heterocycles. The lowest BCUT2D eigenvalue weighted by Crippen LogP contribution is -2.06. The summed E-state index contributed by atoms with van der Waals surface area (Å²) in [5.74, 6) is 1.32. The maximum Gasteiger partial charge on any atom is 0.283 e. The number of amides is 1. The first-order chi connectivity index (χ1) is 9.69. The number of benzene rings is 2. The van der Waals surface area contributed by atoms with E-state index in [1.807, 2.05) is 55.5 Å². The summed E-state index contributed by atoms with van der Waals surface area (Å²) in [7, 11) is 1.59. The highest BCUT2D eigenvalue weighted by atomic mass is 32.2. The van der Waals surface area contributed by atoms with Gasteiger partial charge in [-0.15, -0.1) is 0 Å². The van der Waals surface area contributed by atoms with E-state index in [0.29, 0.717) is 17.2 Å². The predicted octanol–water partition coefficient (Wildman–Crippen LogP) is 4.47. The summed E-state index contributed by atoms with van der Waals surface area (Å²) >= 11 is 1.24. The number of ether oxygens (including phenoxy) is 1. The molecule has 0 atom stereocenters. The smallest absolute Gasteiger partial charge is 0.283 e. The van der Waals surface area contributed by atoms with Crippen LogP contribution < -0.4 is 10.1 Å². The molecular formula is C16H17NO2S. The van der Waals surface area contributed by atoms with Crippen LogP contribution in [0.1, 0.15) is 11.1 Å². The van der Waals surface area contributed by atoms with E-state index in [1.165, 1.54) is 11.8 Å². The predicted molar refractivity (Wildman–Crippen MR) is 84.5 cm³/mol. The number of thioether (sulfide) groups is 1. The summed E-state index contributed by atoms with van der Waals surface area (Å²) in [6, 6.07) is 15.6. The number of methoxy groups -OCH3 is 1. The minimum absolute atomic E-state index is 0.0854. The number of nitrogens with one attached hydrogen (secondary N) is 1. The third-order valence-electron chi connectivity index (χ3n) is 2.80. The Kier molecular flexibility index (Phi) is 5.07. The molecule has 1 amide bonds. The van der Waals surface area contributed by atoms with Gasteiger partial charge in [-0.05, 0) is 30.2 Å². The number of hydrogen-bond donors (Lipinski definition) is 1. The molecule has 1 N–H and O–H groups in total. The maximum atomic E-state index is 12.0. The van der Waals surface area contributed by atoms with Crippen LogP contribution in [0.25, 0.3) is 0 Å². The number of rotatable bonds is 4. The molecule has 0 aliphatic carbocycles. The molecule has 0 fully saturated rings. The molecule has 4 heteroatoms. The Morgan fingerprint density at radius 1 is 1.20 bits per heavy atom. The Morgan fingerprint density at radius 2 is 1.95 bits per heavy atom. The average molecular weight is 287 g/mol. The van der Waals surface area contributed by atoms with Crippen molar-refractivity contribution in [1.82, 2.24) is 0 Å². The summed E-state index contributed by atoms with van der Waals surface area (Å²) in [4.78, 5) is 12.0. The van der Waals surface area contributed by atoms with Crippen LogP contribution in [0.5, 0.6) is 5.75 Å². The first-order valence-electron chi connectivity index (χ1n) is 6.31. The fraction of sp³-hybridized carbons (Fsp3) is 0.188. The lowest BCUT2D eigenvalue weighted by molar-refractivity contribution is 0.269. The van der Waals surface area contributed by atoms with Gasteiger partial charge in [0.1, 0.15) is 5.75 Å². The second-order valence-electron chi connectivity index (χ2n) is 4.39. The highest BCUT2D eigenvalue weighted by molar-refractivity contribution is 8.13. The number of aryl methyl sites for hydroxylation is 1. The van der Waals surface area contributed by atoms with E-state index in [2.05, 4.69) is 5.32 Å². The van der Waals surface area contributed by atoms with Gasteiger partial charge in [-0.3, -0.25) is 4.79 Å². The minimum Gasteiger partial charge on any atom is -0.495 e. The monoisotopic (exact) mass is 287 g/mol. The number of hydrogen-bond acceptors (Lipinski definition) is 3. The highest BCUT2D eigenvalue weighted by Crippen LogP contribution is 2.26. The number of carbonyl (C=O) groups excluding carboxylic acids is 1. The highest BCUT2D eigenvalue weighted by Gasteiger charge is 2.08. The van der Waals surface area contributed by atoms with Crippen LogP contribution in [0.4, 0.5) is 10.5 Å². The summed E-state index contributed by atoms with van der Waals surface area (Å²) in [5.41, 5.74) is 2.91. The van der Waals surface area contributed by atoms with Gasteiger partial charge in [0.25, 0.3) is 5.24 Å². The molecule has 2 aromatic rings. The molecule has 0 saturated heterocycles. The van der Waals surface area contributed by atoms with Gasteiger partial charge >= 0.3 is 0 Å². The Morgan fingerprint density at radius 3 is 2.65 bits per heavy atom. The molecule has 0 bridgehead atoms. The lowest BCUT2D eigenvalue weighted by atomic mass is 10.2. The van der Waals surface area contributed by atoms with Crippen LogP contribution in [-0.4, -0.2) is 12.3 Å². The van der Waals surface area contributed by atoms with Gasteiger partial charge in [0.05, 0.1) is 12.8 Å². The van der Waals surface area contributed by atoms with Crippen molar-refractivity contribution >= 4 is 22.7 Å².